The van der Waals surface area contributed by atoms with E-state index in [-0.39, 0.29) is 5.91 Å². The van der Waals surface area contributed by atoms with Gasteiger partial charge in [-0.3, -0.25) is 4.79 Å². The van der Waals surface area contributed by atoms with Crippen LogP contribution in [0.25, 0.3) is 38.7 Å². The van der Waals surface area contributed by atoms with E-state index in [1.807, 2.05) is 66.7 Å². The lowest BCUT2D eigenvalue weighted by Crippen LogP contribution is -2.11. The molecule has 7 rings (SSSR count). The minimum Gasteiger partial charge on any atom is -0.455 e. The van der Waals surface area contributed by atoms with E-state index < -0.39 is 0 Å². The van der Waals surface area contributed by atoms with E-state index in [9.17, 15) is 4.79 Å². The Kier molecular flexibility index (Phi) is 5.23. The number of nitrogens with zero attached hydrogens (tertiary/aromatic N) is 3. The molecule has 0 spiro atoms. The van der Waals surface area contributed by atoms with Crippen molar-refractivity contribution in [2.45, 2.75) is 0 Å². The number of rotatable bonds is 5. The van der Waals surface area contributed by atoms with Gasteiger partial charge in [0.25, 0.3) is 5.91 Å². The highest BCUT2D eigenvalue weighted by Gasteiger charge is 2.15. The summed E-state index contributed by atoms with van der Waals surface area (Å²) in [6.45, 7) is 0. The summed E-state index contributed by atoms with van der Waals surface area (Å²) in [7, 11) is 0. The molecule has 4 N–H and O–H groups in total. The van der Waals surface area contributed by atoms with Crippen LogP contribution in [0.4, 0.5) is 23.0 Å². The van der Waals surface area contributed by atoms with Crippen molar-refractivity contribution >= 4 is 56.4 Å². The molecule has 8 nitrogen and oxygen atoms in total. The van der Waals surface area contributed by atoms with Gasteiger partial charge in [-0.15, -0.1) is 0 Å². The summed E-state index contributed by atoms with van der Waals surface area (Å²) in [5.41, 5.74) is 12.5. The molecule has 3 heterocycles. The molecule has 0 fully saturated rings. The maximum atomic E-state index is 12.5. The molecule has 0 radical (unpaired) electrons. The normalized spacial score (nSPS) is 11.3. The predicted octanol–water partition coefficient (Wildman–Crippen LogP) is 6.87. The van der Waals surface area contributed by atoms with Crippen molar-refractivity contribution in [2.24, 2.45) is 0 Å². The molecular formula is C31H22N6O2. The largest absolute Gasteiger partial charge is 0.455 e. The predicted molar refractivity (Wildman–Crippen MR) is 154 cm³/mol. The lowest BCUT2D eigenvalue weighted by Gasteiger charge is -2.11. The second-order valence-electron chi connectivity index (χ2n) is 9.19. The van der Waals surface area contributed by atoms with Crippen LogP contribution >= 0.6 is 0 Å². The van der Waals surface area contributed by atoms with E-state index in [4.69, 9.17) is 15.1 Å². The maximum absolute atomic E-state index is 12.5. The summed E-state index contributed by atoms with van der Waals surface area (Å²) in [6.07, 6.45) is 1.74. The van der Waals surface area contributed by atoms with Crippen LogP contribution in [0, 0.1) is 0 Å². The molecule has 0 aliphatic heterocycles. The summed E-state index contributed by atoms with van der Waals surface area (Å²) in [6, 6.07) is 32.3. The number of nitrogen functional groups attached to an aromatic ring is 1. The van der Waals surface area contributed by atoms with Gasteiger partial charge in [0.15, 0.2) is 0 Å². The second kappa shape index (κ2) is 9.04. The molecule has 0 saturated carbocycles. The smallest absolute Gasteiger partial charge is 0.255 e. The average Bonchev–Trinajstić information content (AvgIpc) is 3.59. The highest BCUT2D eigenvalue weighted by atomic mass is 16.3. The molecule has 188 valence electrons. The van der Waals surface area contributed by atoms with Crippen LogP contribution in [-0.4, -0.2) is 20.5 Å². The first-order valence-corrected chi connectivity index (χ1v) is 12.4. The topological polar surface area (TPSA) is 110 Å². The molecule has 0 aliphatic rings. The quantitative estimate of drug-likeness (QED) is 0.218. The van der Waals surface area contributed by atoms with E-state index in [2.05, 4.69) is 27.9 Å². The second-order valence-corrected chi connectivity index (χ2v) is 9.19. The molecule has 0 aliphatic carbocycles. The van der Waals surface area contributed by atoms with Crippen molar-refractivity contribution in [1.29, 1.82) is 0 Å². The van der Waals surface area contributed by atoms with Gasteiger partial charge in [-0.05, 0) is 72.8 Å². The van der Waals surface area contributed by atoms with Gasteiger partial charge in [0.1, 0.15) is 11.2 Å². The molecule has 0 atom stereocenters. The Morgan fingerprint density at radius 3 is 2.44 bits per heavy atom. The summed E-state index contributed by atoms with van der Waals surface area (Å²) in [5.74, 6) is 0.349. The number of hydrogen-bond acceptors (Lipinski definition) is 6. The zero-order valence-electron chi connectivity index (χ0n) is 20.6. The fraction of sp³-hybridized carbons (Fsp3) is 0. The van der Waals surface area contributed by atoms with Crippen LogP contribution in [0.5, 0.6) is 0 Å². The number of nitrogens with one attached hydrogen (secondary N) is 2. The summed E-state index contributed by atoms with van der Waals surface area (Å²) < 4.78 is 8.00. The van der Waals surface area contributed by atoms with Crippen LogP contribution in [0.1, 0.15) is 10.4 Å². The SMILES string of the molecule is Nc1ccc(C(=O)Nc2ccc(Nc3nc(-c4cccc5c4oc4ccccc45)cc4ccnn34)cc2)cc1. The molecule has 4 aromatic carbocycles. The molecule has 7 aromatic rings. The number of nitrogens with two attached hydrogens (primary N) is 1. The number of aromatic nitrogens is 3. The van der Waals surface area contributed by atoms with Crippen LogP contribution < -0.4 is 16.4 Å². The summed E-state index contributed by atoms with van der Waals surface area (Å²) >= 11 is 0. The molecule has 39 heavy (non-hydrogen) atoms. The Labute approximate surface area is 222 Å². The minimum absolute atomic E-state index is 0.205. The molecule has 1 amide bonds. The molecule has 0 unspecified atom stereocenters. The van der Waals surface area contributed by atoms with Crippen molar-refractivity contribution in [3.8, 4) is 11.3 Å². The first kappa shape index (κ1) is 22.6. The van der Waals surface area contributed by atoms with Gasteiger partial charge < -0.3 is 20.8 Å². The van der Waals surface area contributed by atoms with Crippen molar-refractivity contribution < 1.29 is 9.21 Å². The van der Waals surface area contributed by atoms with Crippen molar-refractivity contribution in [3.63, 3.8) is 0 Å². The van der Waals surface area contributed by atoms with Crippen molar-refractivity contribution in [2.75, 3.05) is 16.4 Å². The Morgan fingerprint density at radius 2 is 1.59 bits per heavy atom. The molecule has 0 bridgehead atoms. The number of furan rings is 1. The van der Waals surface area contributed by atoms with Gasteiger partial charge in [0.2, 0.25) is 5.95 Å². The summed E-state index contributed by atoms with van der Waals surface area (Å²) in [4.78, 5) is 17.5. The van der Waals surface area contributed by atoms with E-state index in [0.29, 0.717) is 22.9 Å². The van der Waals surface area contributed by atoms with Crippen LogP contribution in [0.2, 0.25) is 0 Å². The van der Waals surface area contributed by atoms with Crippen molar-refractivity contribution in [3.05, 3.63) is 115 Å². The maximum Gasteiger partial charge on any atom is 0.255 e. The zero-order valence-corrected chi connectivity index (χ0v) is 20.6. The fourth-order valence-electron chi connectivity index (χ4n) is 4.71. The van der Waals surface area contributed by atoms with E-state index in [1.54, 1.807) is 35.0 Å². The first-order valence-electron chi connectivity index (χ1n) is 12.4. The highest BCUT2D eigenvalue weighted by molar-refractivity contribution is 6.09. The van der Waals surface area contributed by atoms with Gasteiger partial charge in [0, 0.05) is 39.0 Å². The number of para-hydroxylation sites is 2. The van der Waals surface area contributed by atoms with Crippen molar-refractivity contribution in [1.82, 2.24) is 14.6 Å². The minimum atomic E-state index is -0.205. The van der Waals surface area contributed by atoms with Crippen LogP contribution in [0.3, 0.4) is 0 Å². The first-order chi connectivity index (χ1) is 19.1. The number of amides is 1. The Bertz CT molecular complexity index is 1990. The van der Waals surface area contributed by atoms with Gasteiger partial charge in [0.05, 0.1) is 17.4 Å². The van der Waals surface area contributed by atoms with Gasteiger partial charge in [-0.25, -0.2) is 9.50 Å². The summed E-state index contributed by atoms with van der Waals surface area (Å²) in [5, 5.41) is 12.8. The molecule has 8 heteroatoms. The van der Waals surface area contributed by atoms with Gasteiger partial charge in [-0.1, -0.05) is 30.3 Å². The third-order valence-corrected chi connectivity index (χ3v) is 6.64. The highest BCUT2D eigenvalue weighted by Crippen LogP contribution is 2.36. The van der Waals surface area contributed by atoms with Crippen LogP contribution in [0.15, 0.2) is 114 Å². The van der Waals surface area contributed by atoms with E-state index in [1.165, 1.54) is 0 Å². The van der Waals surface area contributed by atoms with Gasteiger partial charge >= 0.3 is 0 Å². The lowest BCUT2D eigenvalue weighted by molar-refractivity contribution is 0.102. The number of hydrogen-bond donors (Lipinski definition) is 3. The number of benzene rings is 4. The third-order valence-electron chi connectivity index (χ3n) is 6.64. The monoisotopic (exact) mass is 510 g/mol. The zero-order chi connectivity index (χ0) is 26.3. The number of fused-ring (bicyclic) bond motifs is 4. The lowest BCUT2D eigenvalue weighted by atomic mass is 10.1. The number of carbonyl (C=O) groups is 1. The number of anilines is 4. The molecule has 0 saturated heterocycles. The Morgan fingerprint density at radius 1 is 0.821 bits per heavy atom. The van der Waals surface area contributed by atoms with Crippen LogP contribution in [-0.2, 0) is 0 Å². The fourth-order valence-corrected chi connectivity index (χ4v) is 4.71. The van der Waals surface area contributed by atoms with E-state index in [0.717, 1.165) is 44.4 Å². The Hall–Kier alpha value is -5.63. The van der Waals surface area contributed by atoms with Gasteiger partial charge in [-0.2, -0.15) is 5.10 Å². The Balaban J connectivity index is 1.20. The molecular weight excluding hydrogens is 488 g/mol. The molecule has 3 aromatic heterocycles. The standard InChI is InChI=1S/C31H22N6O2/c32-20-10-8-19(9-11-20)30(38)34-21-12-14-22(15-13-21)35-31-36-27(18-23-16-17-33-37(23)31)26-6-3-5-25-24-4-1-2-7-28(24)39-29(25)26/h1-18H,32H2,(H,34,38)(H,35,36). The number of carbonyl (C=O) groups excluding carboxylic acids is 1. The average molecular weight is 511 g/mol. The third kappa shape index (κ3) is 4.10. The van der Waals surface area contributed by atoms with E-state index >= 15 is 0 Å².